The van der Waals surface area contributed by atoms with Crippen LogP contribution in [0, 0.1) is 11.7 Å². The number of methoxy groups -OCH3 is 2. The largest absolute Gasteiger partial charge is 0.493 e. The summed E-state index contributed by atoms with van der Waals surface area (Å²) in [4.78, 5) is 0. The van der Waals surface area contributed by atoms with E-state index in [0.29, 0.717) is 29.6 Å². The number of hydrogen-bond acceptors (Lipinski definition) is 4. The van der Waals surface area contributed by atoms with E-state index in [9.17, 15) is 4.39 Å². The molecule has 1 aliphatic heterocycles. The van der Waals surface area contributed by atoms with Crippen molar-refractivity contribution >= 4 is 0 Å². The van der Waals surface area contributed by atoms with E-state index in [2.05, 4.69) is 6.92 Å². The second-order valence-electron chi connectivity index (χ2n) is 4.86. The highest BCUT2D eigenvalue weighted by Gasteiger charge is 2.32. The van der Waals surface area contributed by atoms with Gasteiger partial charge >= 0.3 is 0 Å². The van der Waals surface area contributed by atoms with Gasteiger partial charge in [-0.3, -0.25) is 0 Å². The summed E-state index contributed by atoms with van der Waals surface area (Å²) in [6.45, 7) is 2.74. The summed E-state index contributed by atoms with van der Waals surface area (Å²) >= 11 is 0. The smallest absolute Gasteiger partial charge is 0.163 e. The van der Waals surface area contributed by atoms with Gasteiger partial charge in [0.15, 0.2) is 11.5 Å². The second kappa shape index (κ2) is 5.75. The van der Waals surface area contributed by atoms with Crippen molar-refractivity contribution in [2.24, 2.45) is 11.7 Å². The van der Waals surface area contributed by atoms with Gasteiger partial charge in [-0.1, -0.05) is 6.92 Å². The van der Waals surface area contributed by atoms with Gasteiger partial charge in [0, 0.05) is 18.2 Å². The Morgan fingerprint density at radius 1 is 1.32 bits per heavy atom. The second-order valence-corrected chi connectivity index (χ2v) is 4.86. The minimum atomic E-state index is -0.502. The van der Waals surface area contributed by atoms with E-state index in [1.165, 1.54) is 20.3 Å². The third-order valence-electron chi connectivity index (χ3n) is 3.66. The Morgan fingerprint density at radius 2 is 1.95 bits per heavy atom. The van der Waals surface area contributed by atoms with Crippen LogP contribution in [0.25, 0.3) is 0 Å². The normalized spacial score (nSPS) is 24.3. The first kappa shape index (κ1) is 14.1. The van der Waals surface area contributed by atoms with E-state index in [0.717, 1.165) is 6.42 Å². The zero-order valence-corrected chi connectivity index (χ0v) is 11.5. The van der Waals surface area contributed by atoms with Crippen LogP contribution in [0.15, 0.2) is 12.1 Å². The fraction of sp³-hybridized carbons (Fsp3) is 0.571. The molecule has 2 N–H and O–H groups in total. The molecule has 4 nitrogen and oxygen atoms in total. The van der Waals surface area contributed by atoms with E-state index < -0.39 is 11.9 Å². The molecule has 1 heterocycles. The maximum Gasteiger partial charge on any atom is 0.163 e. The maximum atomic E-state index is 14.1. The Bertz CT molecular complexity index is 453. The van der Waals surface area contributed by atoms with Gasteiger partial charge < -0.3 is 19.9 Å². The molecule has 3 atom stereocenters. The molecule has 19 heavy (non-hydrogen) atoms. The van der Waals surface area contributed by atoms with Gasteiger partial charge in [0.05, 0.1) is 26.4 Å². The molecule has 1 aliphatic rings. The lowest BCUT2D eigenvalue weighted by Crippen LogP contribution is -2.30. The van der Waals surface area contributed by atoms with Crippen LogP contribution < -0.4 is 15.2 Å². The zero-order valence-electron chi connectivity index (χ0n) is 11.5. The van der Waals surface area contributed by atoms with E-state index in [1.54, 1.807) is 6.07 Å². The molecule has 0 spiro atoms. The highest BCUT2D eigenvalue weighted by atomic mass is 19.1. The topological polar surface area (TPSA) is 53.7 Å². The third-order valence-corrected chi connectivity index (χ3v) is 3.66. The Kier molecular flexibility index (Phi) is 4.27. The number of ether oxygens (including phenoxy) is 3. The van der Waals surface area contributed by atoms with Gasteiger partial charge in [0.25, 0.3) is 0 Å². The molecule has 0 aliphatic carbocycles. The molecule has 0 aromatic heterocycles. The molecule has 0 amide bonds. The monoisotopic (exact) mass is 269 g/mol. The lowest BCUT2D eigenvalue weighted by molar-refractivity contribution is 0.0714. The Morgan fingerprint density at radius 3 is 2.47 bits per heavy atom. The van der Waals surface area contributed by atoms with Crippen LogP contribution in [-0.2, 0) is 4.74 Å². The number of benzene rings is 1. The Hall–Kier alpha value is -1.33. The molecule has 1 saturated heterocycles. The lowest BCUT2D eigenvalue weighted by Gasteiger charge is -2.24. The molecule has 2 rings (SSSR count). The third kappa shape index (κ3) is 2.67. The van der Waals surface area contributed by atoms with Crippen molar-refractivity contribution in [1.82, 2.24) is 0 Å². The van der Waals surface area contributed by atoms with Crippen molar-refractivity contribution in [2.45, 2.75) is 25.5 Å². The first-order chi connectivity index (χ1) is 9.08. The summed E-state index contributed by atoms with van der Waals surface area (Å²) in [6.07, 6.45) is 0.792. The summed E-state index contributed by atoms with van der Waals surface area (Å²) in [5.41, 5.74) is 6.54. The Labute approximate surface area is 112 Å². The van der Waals surface area contributed by atoms with Crippen LogP contribution in [0.2, 0.25) is 0 Å². The summed E-state index contributed by atoms with van der Waals surface area (Å²) in [5.74, 6) is 0.756. The molecule has 1 fully saturated rings. The summed E-state index contributed by atoms with van der Waals surface area (Å²) in [7, 11) is 2.98. The molecular weight excluding hydrogens is 249 g/mol. The van der Waals surface area contributed by atoms with Crippen molar-refractivity contribution in [3.63, 3.8) is 0 Å². The SMILES string of the molecule is COc1cc(F)c(C(N)C2OCCC2C)cc1OC. The highest BCUT2D eigenvalue weighted by molar-refractivity contribution is 5.45. The van der Waals surface area contributed by atoms with Crippen molar-refractivity contribution < 1.29 is 18.6 Å². The van der Waals surface area contributed by atoms with Crippen LogP contribution >= 0.6 is 0 Å². The predicted molar refractivity (Wildman–Crippen MR) is 70.0 cm³/mol. The standard InChI is InChI=1S/C14H20FNO3/c1-8-4-5-19-14(8)13(16)9-6-11(17-2)12(18-3)7-10(9)15/h6-8,13-14H,4-5,16H2,1-3H3. The Balaban J connectivity index is 2.33. The summed E-state index contributed by atoms with van der Waals surface area (Å²) in [6, 6.07) is 2.39. The number of hydrogen-bond donors (Lipinski definition) is 1. The quantitative estimate of drug-likeness (QED) is 0.911. The van der Waals surface area contributed by atoms with Crippen LogP contribution in [0.4, 0.5) is 4.39 Å². The van der Waals surface area contributed by atoms with Crippen LogP contribution in [0.1, 0.15) is 24.9 Å². The summed E-state index contributed by atoms with van der Waals surface area (Å²) in [5, 5.41) is 0. The molecule has 5 heteroatoms. The van der Waals surface area contributed by atoms with Gasteiger partial charge in [0.2, 0.25) is 0 Å². The molecule has 1 aromatic rings. The molecule has 0 radical (unpaired) electrons. The van der Waals surface area contributed by atoms with E-state index >= 15 is 0 Å². The van der Waals surface area contributed by atoms with Gasteiger partial charge in [-0.15, -0.1) is 0 Å². The minimum Gasteiger partial charge on any atom is -0.493 e. The first-order valence-corrected chi connectivity index (χ1v) is 6.37. The molecule has 106 valence electrons. The molecule has 3 unspecified atom stereocenters. The maximum absolute atomic E-state index is 14.1. The van der Waals surface area contributed by atoms with Crippen molar-refractivity contribution in [3.05, 3.63) is 23.5 Å². The first-order valence-electron chi connectivity index (χ1n) is 6.37. The minimum absolute atomic E-state index is 0.160. The number of rotatable bonds is 4. The fourth-order valence-electron chi connectivity index (χ4n) is 2.48. The molecule has 1 aromatic carbocycles. The van der Waals surface area contributed by atoms with Crippen molar-refractivity contribution in [3.8, 4) is 11.5 Å². The van der Waals surface area contributed by atoms with E-state index in [1.807, 2.05) is 0 Å². The van der Waals surface area contributed by atoms with E-state index in [-0.39, 0.29) is 6.10 Å². The van der Waals surface area contributed by atoms with Gasteiger partial charge in [-0.05, 0) is 18.4 Å². The zero-order chi connectivity index (χ0) is 14.0. The van der Waals surface area contributed by atoms with Gasteiger partial charge in [-0.25, -0.2) is 4.39 Å². The van der Waals surface area contributed by atoms with Crippen molar-refractivity contribution in [2.75, 3.05) is 20.8 Å². The number of halogens is 1. The molecule has 0 saturated carbocycles. The fourth-order valence-corrected chi connectivity index (χ4v) is 2.48. The predicted octanol–water partition coefficient (Wildman–Crippen LogP) is 2.27. The van der Waals surface area contributed by atoms with Crippen LogP contribution in [-0.4, -0.2) is 26.9 Å². The average molecular weight is 269 g/mol. The summed E-state index contributed by atoms with van der Waals surface area (Å²) < 4.78 is 30.0. The number of nitrogens with two attached hydrogens (primary N) is 1. The highest BCUT2D eigenvalue weighted by Crippen LogP contribution is 2.36. The molecule has 0 bridgehead atoms. The van der Waals surface area contributed by atoms with Gasteiger partial charge in [0.1, 0.15) is 5.82 Å². The molecular formula is C14H20FNO3. The van der Waals surface area contributed by atoms with Crippen molar-refractivity contribution in [1.29, 1.82) is 0 Å². The van der Waals surface area contributed by atoms with E-state index in [4.69, 9.17) is 19.9 Å². The van der Waals surface area contributed by atoms with Crippen LogP contribution in [0.3, 0.4) is 0 Å². The van der Waals surface area contributed by atoms with Crippen LogP contribution in [0.5, 0.6) is 11.5 Å². The van der Waals surface area contributed by atoms with Gasteiger partial charge in [-0.2, -0.15) is 0 Å². The lowest BCUT2D eigenvalue weighted by atomic mass is 9.92. The average Bonchev–Trinajstić information content (AvgIpc) is 2.83.